The van der Waals surface area contributed by atoms with E-state index in [0.29, 0.717) is 29.2 Å². The second-order valence-corrected chi connectivity index (χ2v) is 7.80. The molecule has 156 valence electrons. The molecule has 1 N–H and O–H groups in total. The molecule has 0 radical (unpaired) electrons. The number of carbonyl (C=O) groups excluding carboxylic acids is 2. The first-order valence-corrected chi connectivity index (χ1v) is 10.5. The molecule has 2 heterocycles. The molecule has 4 rings (SSSR count). The highest BCUT2D eigenvalue weighted by Gasteiger charge is 2.46. The maximum absolute atomic E-state index is 13.1. The van der Waals surface area contributed by atoms with E-state index in [2.05, 4.69) is 20.9 Å². The third kappa shape index (κ3) is 3.96. The Hall–Kier alpha value is -3.45. The summed E-state index contributed by atoms with van der Waals surface area (Å²) in [4.78, 5) is 31.6. The molecule has 1 aliphatic heterocycles. The van der Waals surface area contributed by atoms with Gasteiger partial charge in [0.25, 0.3) is 11.7 Å². The number of pyridine rings is 1. The van der Waals surface area contributed by atoms with E-state index in [1.54, 1.807) is 73.1 Å². The third-order valence-electron chi connectivity index (χ3n) is 5.01. The first kappa shape index (κ1) is 20.8. The summed E-state index contributed by atoms with van der Waals surface area (Å²) in [5.74, 6) is -1.000. The number of nitrogens with zero attached hydrogens (tertiary/aromatic N) is 2. The van der Waals surface area contributed by atoms with Crippen LogP contribution >= 0.6 is 15.9 Å². The van der Waals surface area contributed by atoms with Gasteiger partial charge in [0.05, 0.1) is 18.2 Å². The van der Waals surface area contributed by atoms with Gasteiger partial charge in [0, 0.05) is 28.1 Å². The highest BCUT2D eigenvalue weighted by atomic mass is 79.9. The number of hydrogen-bond acceptors (Lipinski definition) is 5. The quantitative estimate of drug-likeness (QED) is 0.321. The average Bonchev–Trinajstić information content (AvgIpc) is 3.06. The van der Waals surface area contributed by atoms with Crippen LogP contribution in [-0.2, 0) is 9.59 Å². The molecule has 7 heteroatoms. The van der Waals surface area contributed by atoms with Crippen LogP contribution in [0, 0.1) is 0 Å². The minimum absolute atomic E-state index is 0.0346. The van der Waals surface area contributed by atoms with E-state index in [0.717, 1.165) is 4.47 Å². The number of Topliss-reactive ketones (excluding diaryl/α,β-unsaturated/α-hetero) is 1. The Balaban J connectivity index is 1.87. The van der Waals surface area contributed by atoms with Gasteiger partial charge >= 0.3 is 0 Å². The number of anilines is 1. The molecule has 1 aromatic heterocycles. The van der Waals surface area contributed by atoms with Crippen LogP contribution in [0.5, 0.6) is 5.75 Å². The number of aliphatic hydroxyl groups is 1. The third-order valence-corrected chi connectivity index (χ3v) is 5.54. The Labute approximate surface area is 187 Å². The fourth-order valence-electron chi connectivity index (χ4n) is 3.59. The van der Waals surface area contributed by atoms with Crippen molar-refractivity contribution in [3.63, 3.8) is 0 Å². The average molecular weight is 479 g/mol. The molecule has 2 aromatic carbocycles. The van der Waals surface area contributed by atoms with Crippen LogP contribution in [0.2, 0.25) is 0 Å². The van der Waals surface area contributed by atoms with E-state index in [9.17, 15) is 14.7 Å². The van der Waals surface area contributed by atoms with Gasteiger partial charge in [0.2, 0.25) is 0 Å². The van der Waals surface area contributed by atoms with E-state index in [-0.39, 0.29) is 11.3 Å². The van der Waals surface area contributed by atoms with Crippen LogP contribution in [0.4, 0.5) is 5.69 Å². The predicted octanol–water partition coefficient (Wildman–Crippen LogP) is 4.87. The van der Waals surface area contributed by atoms with Crippen molar-refractivity contribution in [3.05, 3.63) is 94.2 Å². The normalized spacial score (nSPS) is 17.7. The van der Waals surface area contributed by atoms with Gasteiger partial charge in [-0.3, -0.25) is 19.5 Å². The largest absolute Gasteiger partial charge is 0.507 e. The lowest BCUT2D eigenvalue weighted by Gasteiger charge is -2.25. The van der Waals surface area contributed by atoms with E-state index < -0.39 is 17.7 Å². The Morgan fingerprint density at radius 1 is 1.03 bits per heavy atom. The van der Waals surface area contributed by atoms with E-state index in [1.807, 2.05) is 6.92 Å². The summed E-state index contributed by atoms with van der Waals surface area (Å²) < 4.78 is 6.32. The number of ether oxygens (including phenoxy) is 1. The summed E-state index contributed by atoms with van der Waals surface area (Å²) in [5.41, 5.74) is 1.68. The molecule has 0 bridgehead atoms. The van der Waals surface area contributed by atoms with Gasteiger partial charge in [-0.05, 0) is 61.0 Å². The van der Waals surface area contributed by atoms with Crippen molar-refractivity contribution in [1.82, 2.24) is 4.98 Å². The minimum Gasteiger partial charge on any atom is -0.507 e. The maximum Gasteiger partial charge on any atom is 0.300 e. The standard InChI is InChI=1S/C24H19BrN2O4/c1-2-31-19-9-7-18(8-10-19)27-21(15-11-13-26-14-12-15)20(23(29)24(27)30)22(28)16-3-5-17(25)6-4-16/h3-14,21,28H,2H2,1H3/b22-20-. The van der Waals surface area contributed by atoms with Gasteiger partial charge in [-0.2, -0.15) is 0 Å². The molecule has 0 saturated carbocycles. The Kier molecular flexibility index (Phi) is 5.86. The van der Waals surface area contributed by atoms with Crippen molar-refractivity contribution in [3.8, 4) is 5.75 Å². The summed E-state index contributed by atoms with van der Waals surface area (Å²) >= 11 is 3.36. The summed E-state index contributed by atoms with van der Waals surface area (Å²) in [5, 5.41) is 11.0. The minimum atomic E-state index is -0.787. The zero-order valence-corrected chi connectivity index (χ0v) is 18.2. The molecule has 1 amide bonds. The molecule has 31 heavy (non-hydrogen) atoms. The van der Waals surface area contributed by atoms with Crippen LogP contribution in [0.25, 0.3) is 5.76 Å². The van der Waals surface area contributed by atoms with Crippen LogP contribution in [0.3, 0.4) is 0 Å². The van der Waals surface area contributed by atoms with E-state index in [1.165, 1.54) is 4.90 Å². The molecule has 1 aliphatic rings. The Morgan fingerprint density at radius 3 is 2.29 bits per heavy atom. The molecule has 3 aromatic rings. The predicted molar refractivity (Wildman–Crippen MR) is 121 cm³/mol. The highest BCUT2D eigenvalue weighted by Crippen LogP contribution is 2.42. The fraction of sp³-hybridized carbons (Fsp3) is 0.125. The number of carbonyl (C=O) groups is 2. The number of aromatic nitrogens is 1. The molecule has 1 unspecified atom stereocenters. The van der Waals surface area contributed by atoms with Gasteiger partial charge in [-0.1, -0.05) is 28.1 Å². The van der Waals surface area contributed by atoms with Crippen LogP contribution < -0.4 is 9.64 Å². The molecule has 1 atom stereocenters. The summed E-state index contributed by atoms with van der Waals surface area (Å²) in [6.45, 7) is 2.41. The number of hydrogen-bond donors (Lipinski definition) is 1. The summed E-state index contributed by atoms with van der Waals surface area (Å²) in [6.07, 6.45) is 3.18. The van der Waals surface area contributed by atoms with Crippen LogP contribution in [0.1, 0.15) is 24.1 Å². The van der Waals surface area contributed by atoms with Crippen LogP contribution in [-0.4, -0.2) is 28.4 Å². The van der Waals surface area contributed by atoms with Gasteiger partial charge in [-0.15, -0.1) is 0 Å². The van der Waals surface area contributed by atoms with Crippen molar-refractivity contribution in [1.29, 1.82) is 0 Å². The van der Waals surface area contributed by atoms with Gasteiger partial charge in [0.15, 0.2) is 0 Å². The number of aliphatic hydroxyl groups excluding tert-OH is 1. The van der Waals surface area contributed by atoms with Gasteiger partial charge in [0.1, 0.15) is 11.5 Å². The van der Waals surface area contributed by atoms with Crippen molar-refractivity contribution >= 4 is 39.1 Å². The number of ketones is 1. The monoisotopic (exact) mass is 478 g/mol. The van der Waals surface area contributed by atoms with Crippen molar-refractivity contribution < 1.29 is 19.4 Å². The lowest BCUT2D eigenvalue weighted by molar-refractivity contribution is -0.132. The number of halogens is 1. The molecule has 0 spiro atoms. The Bertz CT molecular complexity index is 1140. The molecule has 0 aliphatic carbocycles. The van der Waals surface area contributed by atoms with Gasteiger partial charge < -0.3 is 9.84 Å². The molecular formula is C24H19BrN2O4. The zero-order chi connectivity index (χ0) is 22.0. The maximum atomic E-state index is 13.1. The number of amides is 1. The zero-order valence-electron chi connectivity index (χ0n) is 16.7. The van der Waals surface area contributed by atoms with Crippen molar-refractivity contribution in [2.75, 3.05) is 11.5 Å². The summed E-state index contributed by atoms with van der Waals surface area (Å²) in [7, 11) is 0. The number of benzene rings is 2. The second kappa shape index (κ2) is 8.73. The first-order valence-electron chi connectivity index (χ1n) is 9.71. The van der Waals surface area contributed by atoms with E-state index in [4.69, 9.17) is 4.74 Å². The molecule has 1 fully saturated rings. The van der Waals surface area contributed by atoms with Crippen molar-refractivity contribution in [2.45, 2.75) is 13.0 Å². The topological polar surface area (TPSA) is 79.7 Å². The van der Waals surface area contributed by atoms with Gasteiger partial charge in [-0.25, -0.2) is 0 Å². The molecular weight excluding hydrogens is 460 g/mol. The number of rotatable bonds is 5. The SMILES string of the molecule is CCOc1ccc(N2C(=O)C(=O)/C(=C(\O)c3ccc(Br)cc3)C2c2ccncc2)cc1. The lowest BCUT2D eigenvalue weighted by atomic mass is 9.96. The second-order valence-electron chi connectivity index (χ2n) is 6.88. The van der Waals surface area contributed by atoms with Crippen molar-refractivity contribution in [2.24, 2.45) is 0 Å². The fourth-order valence-corrected chi connectivity index (χ4v) is 3.86. The molecule has 1 saturated heterocycles. The summed E-state index contributed by atoms with van der Waals surface area (Å²) in [6, 6.07) is 16.5. The smallest absolute Gasteiger partial charge is 0.300 e. The van der Waals surface area contributed by atoms with Crippen LogP contribution in [0.15, 0.2) is 83.1 Å². The van der Waals surface area contributed by atoms with E-state index >= 15 is 0 Å². The lowest BCUT2D eigenvalue weighted by Crippen LogP contribution is -2.29. The highest BCUT2D eigenvalue weighted by molar-refractivity contribution is 9.10. The molecule has 6 nitrogen and oxygen atoms in total. The first-order chi connectivity index (χ1) is 15.0. The Morgan fingerprint density at radius 2 is 1.68 bits per heavy atom.